The van der Waals surface area contributed by atoms with Gasteiger partial charge in [0, 0.05) is 36.2 Å². The minimum absolute atomic E-state index is 0.0305. The molecule has 0 spiro atoms. The van der Waals surface area contributed by atoms with Crippen LogP contribution in [0.5, 0.6) is 5.75 Å². The minimum atomic E-state index is -4.15. The summed E-state index contributed by atoms with van der Waals surface area (Å²) in [6, 6.07) is 9.07. The van der Waals surface area contributed by atoms with Crippen LogP contribution in [0.15, 0.2) is 41.3 Å². The van der Waals surface area contributed by atoms with E-state index in [1.807, 2.05) is 38.1 Å². The molecule has 0 bridgehead atoms. The Labute approximate surface area is 187 Å². The monoisotopic (exact) mass is 472 g/mol. The van der Waals surface area contributed by atoms with Crippen LogP contribution in [0.3, 0.4) is 0 Å². The molecule has 0 aliphatic carbocycles. The lowest BCUT2D eigenvalue weighted by atomic mass is 9.81. The smallest absolute Gasteiger partial charge is 0.243 e. The third-order valence-corrected chi connectivity index (χ3v) is 7.01. The topological polar surface area (TPSA) is 67.4 Å². The molecule has 3 rings (SSSR count). The predicted molar refractivity (Wildman–Crippen MR) is 117 cm³/mol. The van der Waals surface area contributed by atoms with Crippen molar-refractivity contribution in [3.8, 4) is 5.75 Å². The van der Waals surface area contributed by atoms with Crippen LogP contribution in [0.2, 0.25) is 5.02 Å². The van der Waals surface area contributed by atoms with E-state index in [1.165, 1.54) is 0 Å². The molecule has 0 aromatic heterocycles. The molecular weight excluding hydrogens is 446 g/mol. The van der Waals surface area contributed by atoms with Crippen molar-refractivity contribution in [1.82, 2.24) is 10.0 Å². The first-order valence-electron chi connectivity index (χ1n) is 10.2. The Morgan fingerprint density at radius 2 is 1.90 bits per heavy atom. The summed E-state index contributed by atoms with van der Waals surface area (Å²) in [5, 5.41) is 3.95. The Kier molecular flexibility index (Phi) is 7.91. The zero-order valence-electron chi connectivity index (χ0n) is 17.5. The van der Waals surface area contributed by atoms with Crippen LogP contribution in [0, 0.1) is 23.5 Å². The fraction of sp³-hybridized carbons (Fsp3) is 0.455. The standard InChI is InChI=1S/C22H27ClF2N2O3S/c1-14(2)11-27-31(28,29)22-10-19(24)21(9-20(22)25)30-13-16-12-26-8-7-18(16)15-3-5-17(23)6-4-15/h3-6,9-10,14,16,18,26-27H,7-8,11-13H2,1-2H3/t16-,18?/m0/s1. The largest absolute Gasteiger partial charge is 0.490 e. The van der Waals surface area contributed by atoms with Crippen molar-refractivity contribution >= 4 is 21.6 Å². The Hall–Kier alpha value is -1.74. The minimum Gasteiger partial charge on any atom is -0.490 e. The summed E-state index contributed by atoms with van der Waals surface area (Å²) in [4.78, 5) is -0.726. The van der Waals surface area contributed by atoms with Gasteiger partial charge in [-0.1, -0.05) is 37.6 Å². The number of hydrogen-bond acceptors (Lipinski definition) is 4. The van der Waals surface area contributed by atoms with E-state index in [0.717, 1.165) is 24.6 Å². The third-order valence-electron chi connectivity index (χ3n) is 5.32. The normalized spacial score (nSPS) is 19.5. The maximum atomic E-state index is 14.6. The molecule has 0 radical (unpaired) electrons. The van der Waals surface area contributed by atoms with Crippen LogP contribution in [-0.2, 0) is 10.0 Å². The third kappa shape index (κ3) is 6.16. The second-order valence-electron chi connectivity index (χ2n) is 8.18. The molecule has 0 saturated carbocycles. The van der Waals surface area contributed by atoms with Crippen LogP contribution in [0.25, 0.3) is 0 Å². The highest BCUT2D eigenvalue weighted by molar-refractivity contribution is 7.89. The van der Waals surface area contributed by atoms with Gasteiger partial charge in [-0.3, -0.25) is 0 Å². The van der Waals surface area contributed by atoms with Gasteiger partial charge >= 0.3 is 0 Å². The van der Waals surface area contributed by atoms with E-state index in [-0.39, 0.29) is 36.7 Å². The van der Waals surface area contributed by atoms with Gasteiger partial charge in [0.1, 0.15) is 10.7 Å². The molecule has 2 atom stereocenters. The van der Waals surface area contributed by atoms with Gasteiger partial charge < -0.3 is 10.1 Å². The molecule has 1 aliphatic heterocycles. The molecule has 2 aromatic carbocycles. The molecule has 1 unspecified atom stereocenters. The van der Waals surface area contributed by atoms with Crippen molar-refractivity contribution < 1.29 is 21.9 Å². The first kappa shape index (κ1) is 23.9. The molecule has 2 aromatic rings. The number of benzene rings is 2. The van der Waals surface area contributed by atoms with E-state index in [4.69, 9.17) is 16.3 Å². The van der Waals surface area contributed by atoms with Crippen LogP contribution in [-0.4, -0.2) is 34.7 Å². The molecule has 1 heterocycles. The van der Waals surface area contributed by atoms with Crippen LogP contribution < -0.4 is 14.8 Å². The number of nitrogens with one attached hydrogen (secondary N) is 2. The quantitative estimate of drug-likeness (QED) is 0.600. The van der Waals surface area contributed by atoms with Gasteiger partial charge in [0.15, 0.2) is 11.6 Å². The lowest BCUT2D eigenvalue weighted by Gasteiger charge is -2.32. The fourth-order valence-corrected chi connectivity index (χ4v) is 5.03. The SMILES string of the molecule is CC(C)CNS(=O)(=O)c1cc(F)c(OC[C@@H]2CNCCC2c2ccc(Cl)cc2)cc1F. The van der Waals surface area contributed by atoms with Gasteiger partial charge in [-0.05, 0) is 42.5 Å². The Bertz CT molecular complexity index is 1000. The Morgan fingerprint density at radius 1 is 1.19 bits per heavy atom. The summed E-state index contributed by atoms with van der Waals surface area (Å²) in [7, 11) is -4.15. The van der Waals surface area contributed by atoms with Crippen LogP contribution >= 0.6 is 11.6 Å². The lowest BCUT2D eigenvalue weighted by molar-refractivity contribution is 0.190. The van der Waals surface area contributed by atoms with Crippen LogP contribution in [0.4, 0.5) is 8.78 Å². The summed E-state index contributed by atoms with van der Waals surface area (Å²) >= 11 is 5.98. The maximum absolute atomic E-state index is 14.6. The highest BCUT2D eigenvalue weighted by Gasteiger charge is 2.28. The summed E-state index contributed by atoms with van der Waals surface area (Å²) in [5.74, 6) is -2.02. The van der Waals surface area contributed by atoms with E-state index >= 15 is 0 Å². The molecule has 1 fully saturated rings. The van der Waals surface area contributed by atoms with Crippen molar-refractivity contribution in [2.45, 2.75) is 31.1 Å². The zero-order valence-corrected chi connectivity index (χ0v) is 19.1. The van der Waals surface area contributed by atoms with Crippen molar-refractivity contribution in [3.05, 3.63) is 58.6 Å². The number of rotatable bonds is 8. The molecule has 9 heteroatoms. The highest BCUT2D eigenvalue weighted by Crippen LogP contribution is 2.32. The fourth-order valence-electron chi connectivity index (χ4n) is 3.62. The Morgan fingerprint density at radius 3 is 2.58 bits per heavy atom. The molecule has 31 heavy (non-hydrogen) atoms. The van der Waals surface area contributed by atoms with Crippen molar-refractivity contribution in [2.75, 3.05) is 26.2 Å². The zero-order chi connectivity index (χ0) is 22.6. The van der Waals surface area contributed by atoms with Gasteiger partial charge in [-0.25, -0.2) is 21.9 Å². The van der Waals surface area contributed by atoms with Gasteiger partial charge in [-0.15, -0.1) is 0 Å². The number of halogens is 3. The van der Waals surface area contributed by atoms with E-state index < -0.39 is 26.6 Å². The first-order chi connectivity index (χ1) is 14.7. The molecule has 170 valence electrons. The van der Waals surface area contributed by atoms with Gasteiger partial charge in [0.05, 0.1) is 6.61 Å². The number of ether oxygens (including phenoxy) is 1. The predicted octanol–water partition coefficient (Wildman–Crippen LogP) is 4.32. The summed E-state index contributed by atoms with van der Waals surface area (Å²) in [6.45, 7) is 5.43. The lowest BCUT2D eigenvalue weighted by Crippen LogP contribution is -2.38. The maximum Gasteiger partial charge on any atom is 0.243 e. The second kappa shape index (κ2) is 10.3. The van der Waals surface area contributed by atoms with Crippen LogP contribution in [0.1, 0.15) is 31.7 Å². The molecule has 5 nitrogen and oxygen atoms in total. The van der Waals surface area contributed by atoms with E-state index in [0.29, 0.717) is 17.6 Å². The average Bonchev–Trinajstić information content (AvgIpc) is 2.73. The Balaban J connectivity index is 1.73. The second-order valence-corrected chi connectivity index (χ2v) is 10.4. The molecule has 2 N–H and O–H groups in total. The van der Waals surface area contributed by atoms with Crippen molar-refractivity contribution in [1.29, 1.82) is 0 Å². The number of hydrogen-bond donors (Lipinski definition) is 2. The number of piperidine rings is 1. The highest BCUT2D eigenvalue weighted by atomic mass is 35.5. The average molecular weight is 473 g/mol. The summed E-state index contributed by atoms with van der Waals surface area (Å²) in [6.07, 6.45) is 0.880. The first-order valence-corrected chi connectivity index (χ1v) is 12.1. The van der Waals surface area contributed by atoms with E-state index in [2.05, 4.69) is 10.0 Å². The molecular formula is C22H27ClF2N2O3S. The molecule has 0 amide bonds. The summed E-state index contributed by atoms with van der Waals surface area (Å²) in [5.41, 5.74) is 1.11. The molecule has 1 aliphatic rings. The number of sulfonamides is 1. The van der Waals surface area contributed by atoms with Crippen molar-refractivity contribution in [3.63, 3.8) is 0 Å². The van der Waals surface area contributed by atoms with Gasteiger partial charge in [0.2, 0.25) is 10.0 Å². The molecule has 1 saturated heterocycles. The van der Waals surface area contributed by atoms with E-state index in [9.17, 15) is 17.2 Å². The van der Waals surface area contributed by atoms with Crippen molar-refractivity contribution in [2.24, 2.45) is 11.8 Å². The summed E-state index contributed by atoms with van der Waals surface area (Å²) < 4.78 is 61.5. The van der Waals surface area contributed by atoms with E-state index in [1.54, 1.807) is 0 Å². The van der Waals surface area contributed by atoms with Gasteiger partial charge in [0.25, 0.3) is 0 Å². The van der Waals surface area contributed by atoms with Gasteiger partial charge in [-0.2, -0.15) is 0 Å².